The standard InChI is InChI=1S/C22H31NO3/c24-23(8-2-1-3-9-23)20-4-6-21(7-5-20)25-15-26-22-18-11-16-10-17(13-18)14-19(22)12-16/h4-7,16-19,22H,1-3,8-15H2. The van der Waals surface area contributed by atoms with Crippen LogP contribution in [0.5, 0.6) is 5.75 Å². The summed E-state index contributed by atoms with van der Waals surface area (Å²) in [5.41, 5.74) is 0.860. The number of ether oxygens (including phenoxy) is 2. The number of nitrogens with zero attached hydrogens (tertiary/aromatic N) is 1. The van der Waals surface area contributed by atoms with E-state index in [-0.39, 0.29) is 4.65 Å². The Balaban J connectivity index is 1.15. The normalized spacial score (nSPS) is 37.7. The molecule has 1 aromatic carbocycles. The lowest BCUT2D eigenvalue weighted by atomic mass is 9.55. The van der Waals surface area contributed by atoms with Crippen molar-refractivity contribution in [3.8, 4) is 5.75 Å². The third kappa shape index (κ3) is 3.17. The summed E-state index contributed by atoms with van der Waals surface area (Å²) in [5.74, 6) is 4.29. The van der Waals surface area contributed by atoms with Gasteiger partial charge in [-0.15, -0.1) is 0 Å². The predicted molar refractivity (Wildman–Crippen MR) is 103 cm³/mol. The Kier molecular flexibility index (Phi) is 4.46. The van der Waals surface area contributed by atoms with Gasteiger partial charge in [-0.1, -0.05) is 0 Å². The Bertz CT molecular complexity index is 595. The van der Waals surface area contributed by atoms with Gasteiger partial charge in [0.25, 0.3) is 0 Å². The van der Waals surface area contributed by atoms with Gasteiger partial charge in [0.2, 0.25) is 0 Å². The van der Waals surface area contributed by atoms with E-state index >= 15 is 0 Å². The molecule has 1 heterocycles. The van der Waals surface area contributed by atoms with E-state index < -0.39 is 0 Å². The lowest BCUT2D eigenvalue weighted by molar-refractivity contribution is -0.155. The highest BCUT2D eigenvalue weighted by atomic mass is 16.7. The first-order valence-electron chi connectivity index (χ1n) is 10.6. The molecule has 6 rings (SSSR count). The molecule has 0 atom stereocenters. The number of hydrogen-bond donors (Lipinski definition) is 0. The molecule has 0 radical (unpaired) electrons. The summed E-state index contributed by atoms with van der Waals surface area (Å²) in [6, 6.07) is 7.75. The van der Waals surface area contributed by atoms with Gasteiger partial charge in [0, 0.05) is 12.1 Å². The fourth-order valence-electron chi connectivity index (χ4n) is 6.42. The average molecular weight is 357 g/mol. The summed E-state index contributed by atoms with van der Waals surface area (Å²) in [4.78, 5) is 0. The number of hydrogen-bond acceptors (Lipinski definition) is 3. The summed E-state index contributed by atoms with van der Waals surface area (Å²) in [7, 11) is 0. The van der Waals surface area contributed by atoms with Crippen LogP contribution in [0.2, 0.25) is 0 Å². The van der Waals surface area contributed by atoms with E-state index in [0.717, 1.165) is 48.0 Å². The number of benzene rings is 1. The van der Waals surface area contributed by atoms with Gasteiger partial charge in [0.1, 0.15) is 11.4 Å². The number of piperidine rings is 1. The third-order valence-electron chi connectivity index (χ3n) is 7.47. The highest BCUT2D eigenvalue weighted by Crippen LogP contribution is 2.54. The van der Waals surface area contributed by atoms with E-state index in [1.807, 2.05) is 24.3 Å². The van der Waals surface area contributed by atoms with Crippen molar-refractivity contribution in [1.29, 1.82) is 0 Å². The SMILES string of the molecule is [O-][N+]1(c2ccc(OCOC3C4CC5CC(C4)CC3C5)cc2)CCCCC1. The van der Waals surface area contributed by atoms with Crippen LogP contribution >= 0.6 is 0 Å². The summed E-state index contributed by atoms with van der Waals surface area (Å²) >= 11 is 0. The minimum Gasteiger partial charge on any atom is -0.627 e. The highest BCUT2D eigenvalue weighted by molar-refractivity contribution is 5.47. The fraction of sp³-hybridized carbons (Fsp3) is 0.727. The molecule has 5 aliphatic rings. The van der Waals surface area contributed by atoms with Crippen LogP contribution in [-0.2, 0) is 4.74 Å². The fourth-order valence-corrected chi connectivity index (χ4v) is 6.42. The molecule has 4 nitrogen and oxygen atoms in total. The van der Waals surface area contributed by atoms with Crippen molar-refractivity contribution >= 4 is 5.69 Å². The van der Waals surface area contributed by atoms with E-state index in [1.54, 1.807) is 0 Å². The monoisotopic (exact) mass is 357 g/mol. The predicted octanol–water partition coefficient (Wildman–Crippen LogP) is 4.85. The van der Waals surface area contributed by atoms with E-state index in [1.165, 1.54) is 38.5 Å². The van der Waals surface area contributed by atoms with Crippen LogP contribution in [0.3, 0.4) is 0 Å². The molecule has 0 aromatic heterocycles. The van der Waals surface area contributed by atoms with Crippen LogP contribution in [-0.4, -0.2) is 26.0 Å². The van der Waals surface area contributed by atoms with Gasteiger partial charge in [-0.05, 0) is 87.2 Å². The van der Waals surface area contributed by atoms with Crippen molar-refractivity contribution in [3.05, 3.63) is 29.5 Å². The molecule has 1 saturated heterocycles. The molecule has 0 unspecified atom stereocenters. The van der Waals surface area contributed by atoms with Crippen molar-refractivity contribution in [2.24, 2.45) is 23.7 Å². The van der Waals surface area contributed by atoms with E-state index in [9.17, 15) is 5.21 Å². The van der Waals surface area contributed by atoms with Gasteiger partial charge in [0.05, 0.1) is 19.2 Å². The van der Waals surface area contributed by atoms with E-state index in [2.05, 4.69) is 0 Å². The molecule has 4 saturated carbocycles. The average Bonchev–Trinajstić information content (AvgIpc) is 2.64. The summed E-state index contributed by atoms with van der Waals surface area (Å²) < 4.78 is 11.9. The molecule has 4 bridgehead atoms. The lowest BCUT2D eigenvalue weighted by Gasteiger charge is -2.53. The van der Waals surface area contributed by atoms with Gasteiger partial charge >= 0.3 is 0 Å². The molecule has 4 heteroatoms. The maximum absolute atomic E-state index is 12.9. The second-order valence-corrected chi connectivity index (χ2v) is 9.22. The molecule has 4 aliphatic carbocycles. The molecule has 26 heavy (non-hydrogen) atoms. The molecule has 5 fully saturated rings. The van der Waals surface area contributed by atoms with Crippen LogP contribution in [0.1, 0.15) is 51.4 Å². The van der Waals surface area contributed by atoms with Crippen molar-refractivity contribution in [2.75, 3.05) is 19.9 Å². The second-order valence-electron chi connectivity index (χ2n) is 9.22. The van der Waals surface area contributed by atoms with Crippen molar-refractivity contribution in [2.45, 2.75) is 57.5 Å². The van der Waals surface area contributed by atoms with Crippen molar-refractivity contribution in [3.63, 3.8) is 0 Å². The van der Waals surface area contributed by atoms with Crippen LogP contribution in [0.4, 0.5) is 5.69 Å². The van der Waals surface area contributed by atoms with E-state index in [4.69, 9.17) is 9.47 Å². The van der Waals surface area contributed by atoms with Gasteiger partial charge in [-0.25, -0.2) is 0 Å². The van der Waals surface area contributed by atoms with Crippen molar-refractivity contribution in [1.82, 2.24) is 4.65 Å². The first-order valence-corrected chi connectivity index (χ1v) is 10.6. The molecular formula is C22H31NO3. The number of hydroxylamine groups is 2. The second kappa shape index (κ2) is 6.81. The summed E-state index contributed by atoms with van der Waals surface area (Å²) in [5, 5.41) is 12.9. The maximum atomic E-state index is 12.9. The summed E-state index contributed by atoms with van der Waals surface area (Å²) in [6.45, 7) is 1.75. The first-order chi connectivity index (χ1) is 12.7. The molecular weight excluding hydrogens is 326 g/mol. The number of rotatable bonds is 5. The molecule has 1 aliphatic heterocycles. The third-order valence-corrected chi connectivity index (χ3v) is 7.47. The minimum atomic E-state index is -0.176. The largest absolute Gasteiger partial charge is 0.627 e. The summed E-state index contributed by atoms with van der Waals surface area (Å²) in [6.07, 6.45) is 10.6. The Hall–Kier alpha value is -1.10. The first kappa shape index (κ1) is 17.0. The topological polar surface area (TPSA) is 41.5 Å². The minimum absolute atomic E-state index is 0.176. The smallest absolute Gasteiger partial charge is 0.189 e. The molecule has 0 N–H and O–H groups in total. The van der Waals surface area contributed by atoms with Gasteiger partial charge in [0.15, 0.2) is 6.79 Å². The Labute approximate surface area is 156 Å². The van der Waals surface area contributed by atoms with Crippen LogP contribution < -0.4 is 9.38 Å². The van der Waals surface area contributed by atoms with Crippen LogP contribution in [0.15, 0.2) is 24.3 Å². The Morgan fingerprint density at radius 1 is 0.846 bits per heavy atom. The molecule has 1 aromatic rings. The maximum Gasteiger partial charge on any atom is 0.189 e. The Morgan fingerprint density at radius 3 is 2.08 bits per heavy atom. The number of quaternary nitrogens is 1. The van der Waals surface area contributed by atoms with Crippen LogP contribution in [0.25, 0.3) is 0 Å². The molecule has 0 spiro atoms. The zero-order valence-electron chi connectivity index (χ0n) is 15.6. The van der Waals surface area contributed by atoms with E-state index in [0.29, 0.717) is 26.0 Å². The Morgan fingerprint density at radius 2 is 1.46 bits per heavy atom. The van der Waals surface area contributed by atoms with Gasteiger partial charge in [-0.3, -0.25) is 0 Å². The highest BCUT2D eigenvalue weighted by Gasteiger charge is 2.48. The van der Waals surface area contributed by atoms with Gasteiger partial charge < -0.3 is 19.3 Å². The zero-order valence-corrected chi connectivity index (χ0v) is 15.6. The molecule has 142 valence electrons. The van der Waals surface area contributed by atoms with Gasteiger partial charge in [-0.2, -0.15) is 0 Å². The molecule has 0 amide bonds. The zero-order chi connectivity index (χ0) is 17.6. The lowest BCUT2D eigenvalue weighted by Crippen LogP contribution is -2.49. The van der Waals surface area contributed by atoms with Crippen molar-refractivity contribution < 1.29 is 9.47 Å². The van der Waals surface area contributed by atoms with Crippen LogP contribution in [0, 0.1) is 28.9 Å². The quantitative estimate of drug-likeness (QED) is 0.429.